The first-order chi connectivity index (χ1) is 20.3. The SMILES string of the molecule is CCOC(=O)c1sc2c(c1C)c(=O)n(C(C)(C)C(N)=O)c(=O)n2C[C@H](C[C@H]1CC[C@@H](O)CC1)c1ccccc1OC(C)C. The highest BCUT2D eigenvalue weighted by Crippen LogP contribution is 2.39. The van der Waals surface area contributed by atoms with Crippen LogP contribution in [0.5, 0.6) is 5.75 Å². The molecule has 43 heavy (non-hydrogen) atoms. The second-order valence-corrected chi connectivity index (χ2v) is 13.2. The zero-order chi connectivity index (χ0) is 31.6. The minimum Gasteiger partial charge on any atom is -0.491 e. The number of ether oxygens (including phenoxy) is 2. The minimum atomic E-state index is -1.63. The van der Waals surface area contributed by atoms with Crippen molar-refractivity contribution < 1.29 is 24.2 Å². The number of amides is 1. The van der Waals surface area contributed by atoms with Crippen molar-refractivity contribution in [1.82, 2.24) is 9.13 Å². The molecule has 0 bridgehead atoms. The number of aliphatic hydroxyl groups excluding tert-OH is 1. The monoisotopic (exact) mass is 613 g/mol. The molecule has 0 radical (unpaired) electrons. The number of carbonyl (C=O) groups excluding carboxylic acids is 2. The average molecular weight is 614 g/mol. The number of aryl methyl sites for hydroxylation is 1. The lowest BCUT2D eigenvalue weighted by Crippen LogP contribution is -2.54. The molecular formula is C32H43N3O7S. The molecule has 234 valence electrons. The first-order valence-corrected chi connectivity index (χ1v) is 15.8. The smallest absolute Gasteiger partial charge is 0.348 e. The Hall–Kier alpha value is -3.44. The van der Waals surface area contributed by atoms with Crippen LogP contribution in [0.3, 0.4) is 0 Å². The Kier molecular flexibility index (Phi) is 9.86. The number of benzene rings is 1. The zero-order valence-electron chi connectivity index (χ0n) is 25.8. The van der Waals surface area contributed by atoms with Crippen LogP contribution in [0, 0.1) is 12.8 Å². The number of rotatable bonds is 11. The second kappa shape index (κ2) is 13.1. The van der Waals surface area contributed by atoms with Crippen molar-refractivity contribution in [3.05, 3.63) is 61.1 Å². The van der Waals surface area contributed by atoms with Gasteiger partial charge in [-0.15, -0.1) is 11.3 Å². The van der Waals surface area contributed by atoms with E-state index in [1.54, 1.807) is 13.8 Å². The quantitative estimate of drug-likeness (QED) is 0.304. The molecule has 2 aromatic heterocycles. The molecule has 1 saturated carbocycles. The third-order valence-electron chi connectivity index (χ3n) is 8.39. The number of esters is 1. The van der Waals surface area contributed by atoms with Gasteiger partial charge in [-0.3, -0.25) is 14.2 Å². The number of carbonyl (C=O) groups is 2. The number of fused-ring (bicyclic) bond motifs is 1. The van der Waals surface area contributed by atoms with E-state index in [1.165, 1.54) is 18.4 Å². The third kappa shape index (κ3) is 6.57. The summed E-state index contributed by atoms with van der Waals surface area (Å²) in [7, 11) is 0. The summed E-state index contributed by atoms with van der Waals surface area (Å²) in [5, 5.41) is 10.3. The van der Waals surface area contributed by atoms with Crippen LogP contribution >= 0.6 is 11.3 Å². The largest absolute Gasteiger partial charge is 0.491 e. The fourth-order valence-electron chi connectivity index (χ4n) is 5.98. The first kappa shape index (κ1) is 32.5. The third-order valence-corrected chi connectivity index (χ3v) is 9.69. The van der Waals surface area contributed by atoms with Gasteiger partial charge in [-0.1, -0.05) is 18.2 Å². The van der Waals surface area contributed by atoms with E-state index in [-0.39, 0.29) is 41.5 Å². The van der Waals surface area contributed by atoms with Gasteiger partial charge in [-0.2, -0.15) is 0 Å². The summed E-state index contributed by atoms with van der Waals surface area (Å²) in [6.45, 7) is 10.5. The number of aromatic nitrogens is 2. The molecule has 11 heteroatoms. The van der Waals surface area contributed by atoms with Crippen LogP contribution in [0.2, 0.25) is 0 Å². The molecule has 0 saturated heterocycles. The second-order valence-electron chi connectivity index (χ2n) is 12.2. The lowest BCUT2D eigenvalue weighted by molar-refractivity contribution is -0.125. The number of aliphatic hydroxyl groups is 1. The van der Waals surface area contributed by atoms with Gasteiger partial charge in [0.1, 0.15) is 21.0 Å². The molecule has 4 rings (SSSR count). The van der Waals surface area contributed by atoms with Gasteiger partial charge in [0.2, 0.25) is 5.91 Å². The molecule has 1 aromatic carbocycles. The Morgan fingerprint density at radius 2 is 1.79 bits per heavy atom. The normalized spacial score (nSPS) is 18.1. The van der Waals surface area contributed by atoms with Crippen LogP contribution in [0.4, 0.5) is 0 Å². The summed E-state index contributed by atoms with van der Waals surface area (Å²) in [6.07, 6.45) is 3.48. The Morgan fingerprint density at radius 1 is 1.14 bits per heavy atom. The minimum absolute atomic E-state index is 0.0774. The molecule has 1 aliphatic carbocycles. The van der Waals surface area contributed by atoms with Crippen LogP contribution in [0.1, 0.15) is 93.4 Å². The molecule has 1 atom stereocenters. The standard InChI is InChI=1S/C32H43N3O7S/c1-7-41-29(38)26-19(4)25-27(37)35(32(5,6)30(33)39)31(40)34(28(25)43-26)17-21(16-20-12-14-22(36)15-13-20)23-10-8-9-11-24(23)42-18(2)3/h8-11,18,20-22,36H,7,12-17H2,1-6H3,(H2,33,39)/t20-,21-,22+/m0/s1. The number of hydrogen-bond acceptors (Lipinski definition) is 8. The highest BCUT2D eigenvalue weighted by molar-refractivity contribution is 7.20. The maximum atomic E-state index is 14.3. The predicted octanol–water partition coefficient (Wildman–Crippen LogP) is 4.44. The van der Waals surface area contributed by atoms with Crippen molar-refractivity contribution >= 4 is 33.4 Å². The molecule has 10 nitrogen and oxygen atoms in total. The number of primary amides is 1. The maximum absolute atomic E-state index is 14.3. The van der Waals surface area contributed by atoms with Gasteiger partial charge in [0, 0.05) is 12.5 Å². The molecule has 1 amide bonds. The number of nitrogens with zero attached hydrogens (tertiary/aromatic N) is 2. The van der Waals surface area contributed by atoms with Gasteiger partial charge in [0.15, 0.2) is 0 Å². The van der Waals surface area contributed by atoms with Crippen LogP contribution in [-0.4, -0.2) is 44.9 Å². The average Bonchev–Trinajstić information content (AvgIpc) is 3.29. The van der Waals surface area contributed by atoms with Crippen molar-refractivity contribution in [3.63, 3.8) is 0 Å². The van der Waals surface area contributed by atoms with E-state index in [4.69, 9.17) is 15.2 Å². The van der Waals surface area contributed by atoms with Gasteiger partial charge < -0.3 is 20.3 Å². The fraction of sp³-hybridized carbons (Fsp3) is 0.562. The molecule has 0 spiro atoms. The summed E-state index contributed by atoms with van der Waals surface area (Å²) in [4.78, 5) is 54.2. The highest BCUT2D eigenvalue weighted by Gasteiger charge is 2.35. The van der Waals surface area contributed by atoms with Gasteiger partial charge >= 0.3 is 11.7 Å². The molecule has 3 aromatic rings. The summed E-state index contributed by atoms with van der Waals surface area (Å²) in [6, 6.07) is 7.75. The van der Waals surface area contributed by atoms with Gasteiger partial charge in [0.05, 0.1) is 24.2 Å². The van der Waals surface area contributed by atoms with E-state index < -0.39 is 28.7 Å². The number of hydrogen-bond donors (Lipinski definition) is 2. The van der Waals surface area contributed by atoms with Crippen LogP contribution in [-0.2, 0) is 21.6 Å². The molecule has 0 aliphatic heterocycles. The van der Waals surface area contributed by atoms with Gasteiger partial charge in [0.25, 0.3) is 5.56 Å². The van der Waals surface area contributed by atoms with E-state index in [0.29, 0.717) is 28.5 Å². The van der Waals surface area contributed by atoms with E-state index in [9.17, 15) is 24.3 Å². The molecule has 1 aliphatic rings. The van der Waals surface area contributed by atoms with Crippen LogP contribution in [0.25, 0.3) is 10.2 Å². The summed E-state index contributed by atoms with van der Waals surface area (Å²) >= 11 is 1.05. The van der Waals surface area contributed by atoms with E-state index in [2.05, 4.69) is 0 Å². The Balaban J connectivity index is 1.98. The summed E-state index contributed by atoms with van der Waals surface area (Å²) in [5.74, 6) is -0.604. The van der Waals surface area contributed by atoms with Crippen molar-refractivity contribution in [1.29, 1.82) is 0 Å². The summed E-state index contributed by atoms with van der Waals surface area (Å²) in [5.41, 5.74) is 4.04. The molecule has 1 fully saturated rings. The first-order valence-electron chi connectivity index (χ1n) is 15.0. The van der Waals surface area contributed by atoms with E-state index in [0.717, 1.165) is 47.2 Å². The predicted molar refractivity (Wildman–Crippen MR) is 167 cm³/mol. The lowest BCUT2D eigenvalue weighted by Gasteiger charge is -2.31. The topological polar surface area (TPSA) is 143 Å². The highest BCUT2D eigenvalue weighted by atomic mass is 32.1. The lowest BCUT2D eigenvalue weighted by atomic mass is 9.79. The van der Waals surface area contributed by atoms with Crippen molar-refractivity contribution in [2.75, 3.05) is 6.61 Å². The Bertz CT molecular complexity index is 1610. The fourth-order valence-corrected chi connectivity index (χ4v) is 7.18. The Morgan fingerprint density at radius 3 is 2.40 bits per heavy atom. The summed E-state index contributed by atoms with van der Waals surface area (Å²) < 4.78 is 13.9. The van der Waals surface area contributed by atoms with Crippen LogP contribution < -0.4 is 21.7 Å². The molecular weight excluding hydrogens is 570 g/mol. The van der Waals surface area contributed by atoms with Crippen molar-refractivity contribution in [2.24, 2.45) is 11.7 Å². The zero-order valence-corrected chi connectivity index (χ0v) is 26.7. The molecule has 3 N–H and O–H groups in total. The van der Waals surface area contributed by atoms with Crippen LogP contribution in [0.15, 0.2) is 33.9 Å². The van der Waals surface area contributed by atoms with Crippen molar-refractivity contribution in [2.45, 2.75) is 104 Å². The molecule has 2 heterocycles. The number of thiophene rings is 1. The van der Waals surface area contributed by atoms with E-state index in [1.807, 2.05) is 38.1 Å². The number of para-hydroxylation sites is 1. The molecule has 0 unspecified atom stereocenters. The Labute approximate surface area is 255 Å². The van der Waals surface area contributed by atoms with E-state index >= 15 is 0 Å². The van der Waals surface area contributed by atoms with Crippen molar-refractivity contribution in [3.8, 4) is 5.75 Å². The van der Waals surface area contributed by atoms with Gasteiger partial charge in [-0.05, 0) is 96.8 Å². The number of nitrogens with two attached hydrogens (primary N) is 1. The van der Waals surface area contributed by atoms with Gasteiger partial charge in [-0.25, -0.2) is 14.2 Å². The maximum Gasteiger partial charge on any atom is 0.348 e.